The predicted molar refractivity (Wildman–Crippen MR) is 83.9 cm³/mol. The molecule has 0 aliphatic carbocycles. The zero-order valence-electron chi connectivity index (χ0n) is 13.4. The number of benzene rings is 1. The normalized spacial score (nSPS) is 18.5. The van der Waals surface area contributed by atoms with E-state index in [9.17, 15) is 5.11 Å². The van der Waals surface area contributed by atoms with E-state index in [1.54, 1.807) is 14.2 Å². The van der Waals surface area contributed by atoms with E-state index in [1.807, 2.05) is 12.1 Å². The minimum absolute atomic E-state index is 0.147. The van der Waals surface area contributed by atoms with E-state index in [0.717, 1.165) is 50.4 Å². The molecule has 0 amide bonds. The van der Waals surface area contributed by atoms with E-state index in [1.165, 1.54) is 5.56 Å². The van der Waals surface area contributed by atoms with Crippen molar-refractivity contribution in [1.29, 1.82) is 0 Å². The second-order valence-electron chi connectivity index (χ2n) is 5.98. The first-order valence-corrected chi connectivity index (χ1v) is 7.70. The molecule has 1 aliphatic heterocycles. The Morgan fingerprint density at radius 1 is 1.14 bits per heavy atom. The van der Waals surface area contributed by atoms with E-state index < -0.39 is 0 Å². The Hall–Kier alpha value is -1.26. The number of aliphatic hydroxyl groups is 1. The fraction of sp³-hybridized carbons (Fsp3) is 0.647. The van der Waals surface area contributed by atoms with E-state index in [-0.39, 0.29) is 5.41 Å². The molecule has 4 heteroatoms. The predicted octanol–water partition coefficient (Wildman–Crippen LogP) is 2.69. The lowest BCUT2D eigenvalue weighted by Gasteiger charge is -2.40. The summed E-state index contributed by atoms with van der Waals surface area (Å²) in [6.45, 7) is 5.50. The van der Waals surface area contributed by atoms with Gasteiger partial charge >= 0.3 is 0 Å². The maximum absolute atomic E-state index is 9.59. The fourth-order valence-electron chi connectivity index (χ4n) is 3.05. The third-order valence-corrected chi connectivity index (χ3v) is 4.86. The molecule has 1 aliphatic rings. The summed E-state index contributed by atoms with van der Waals surface area (Å²) in [5.74, 6) is 1.55. The number of hydrogen-bond acceptors (Lipinski definition) is 4. The van der Waals surface area contributed by atoms with Crippen LogP contribution in [0.4, 0.5) is 0 Å². The van der Waals surface area contributed by atoms with Crippen molar-refractivity contribution >= 4 is 0 Å². The minimum Gasteiger partial charge on any atom is -0.493 e. The molecular formula is C17H27NO3. The van der Waals surface area contributed by atoms with E-state index in [0.29, 0.717) is 6.61 Å². The lowest BCUT2D eigenvalue weighted by atomic mass is 9.77. The van der Waals surface area contributed by atoms with Gasteiger partial charge < -0.3 is 14.6 Å². The lowest BCUT2D eigenvalue weighted by molar-refractivity contribution is 0.0382. The van der Waals surface area contributed by atoms with Crippen LogP contribution >= 0.6 is 0 Å². The first-order valence-electron chi connectivity index (χ1n) is 7.70. The van der Waals surface area contributed by atoms with Crippen molar-refractivity contribution < 1.29 is 14.6 Å². The highest BCUT2D eigenvalue weighted by Gasteiger charge is 2.32. The fourth-order valence-corrected chi connectivity index (χ4v) is 3.05. The summed E-state index contributed by atoms with van der Waals surface area (Å²) in [6.07, 6.45) is 3.22. The molecule has 0 saturated carbocycles. The van der Waals surface area contributed by atoms with E-state index in [4.69, 9.17) is 9.47 Å². The topological polar surface area (TPSA) is 41.9 Å². The van der Waals surface area contributed by atoms with Crippen molar-refractivity contribution in [3.05, 3.63) is 23.8 Å². The van der Waals surface area contributed by atoms with Gasteiger partial charge in [0, 0.05) is 13.2 Å². The summed E-state index contributed by atoms with van der Waals surface area (Å²) < 4.78 is 10.6. The SMILES string of the molecule is CCC1(CO)CCN(Cc2ccc(OC)c(OC)c2)CC1. The number of nitrogens with zero attached hydrogens (tertiary/aromatic N) is 1. The molecule has 1 fully saturated rings. The van der Waals surface area contributed by atoms with Crippen LogP contribution in [-0.4, -0.2) is 43.9 Å². The van der Waals surface area contributed by atoms with Gasteiger partial charge in [0.1, 0.15) is 0 Å². The zero-order chi connectivity index (χ0) is 15.3. The van der Waals surface area contributed by atoms with Crippen LogP contribution in [0.3, 0.4) is 0 Å². The summed E-state index contributed by atoms with van der Waals surface area (Å²) in [5, 5.41) is 9.59. The number of methoxy groups -OCH3 is 2. The van der Waals surface area contributed by atoms with E-state index in [2.05, 4.69) is 17.9 Å². The molecule has 1 aromatic carbocycles. The summed E-state index contributed by atoms with van der Waals surface area (Å²) in [5.41, 5.74) is 1.38. The van der Waals surface area contributed by atoms with Crippen molar-refractivity contribution in [3.8, 4) is 11.5 Å². The van der Waals surface area contributed by atoms with Crippen molar-refractivity contribution in [3.63, 3.8) is 0 Å². The number of likely N-dealkylation sites (tertiary alicyclic amines) is 1. The van der Waals surface area contributed by atoms with Gasteiger partial charge in [0.2, 0.25) is 0 Å². The maximum atomic E-state index is 9.59. The molecular weight excluding hydrogens is 266 g/mol. The molecule has 1 saturated heterocycles. The van der Waals surface area contributed by atoms with Crippen LogP contribution in [0.1, 0.15) is 31.7 Å². The second kappa shape index (κ2) is 7.14. The van der Waals surface area contributed by atoms with Gasteiger partial charge in [-0.2, -0.15) is 0 Å². The third-order valence-electron chi connectivity index (χ3n) is 4.86. The Morgan fingerprint density at radius 2 is 1.81 bits per heavy atom. The van der Waals surface area contributed by atoms with Crippen LogP contribution in [0, 0.1) is 5.41 Å². The van der Waals surface area contributed by atoms with Crippen LogP contribution in [0.5, 0.6) is 11.5 Å². The van der Waals surface area contributed by atoms with Gasteiger partial charge in [-0.15, -0.1) is 0 Å². The highest BCUT2D eigenvalue weighted by Crippen LogP contribution is 2.35. The number of aliphatic hydroxyl groups excluding tert-OH is 1. The summed E-state index contributed by atoms with van der Waals surface area (Å²) in [6, 6.07) is 6.10. The standard InChI is InChI=1S/C17H27NO3/c1-4-17(13-19)7-9-18(10-8-17)12-14-5-6-15(20-2)16(11-14)21-3/h5-6,11,19H,4,7-10,12-13H2,1-3H3. The van der Waals surface area contributed by atoms with Gasteiger partial charge in [-0.25, -0.2) is 0 Å². The van der Waals surface area contributed by atoms with Gasteiger partial charge in [-0.3, -0.25) is 4.90 Å². The van der Waals surface area contributed by atoms with Crippen LogP contribution < -0.4 is 9.47 Å². The zero-order valence-corrected chi connectivity index (χ0v) is 13.4. The van der Waals surface area contributed by atoms with Crippen molar-refractivity contribution in [2.45, 2.75) is 32.7 Å². The molecule has 0 unspecified atom stereocenters. The Bertz CT molecular complexity index is 447. The quantitative estimate of drug-likeness (QED) is 0.875. The van der Waals surface area contributed by atoms with Crippen LogP contribution in [0.25, 0.3) is 0 Å². The molecule has 0 bridgehead atoms. The molecule has 2 rings (SSSR count). The molecule has 0 aromatic heterocycles. The average molecular weight is 293 g/mol. The smallest absolute Gasteiger partial charge is 0.161 e. The van der Waals surface area contributed by atoms with Gasteiger partial charge in [-0.1, -0.05) is 13.0 Å². The molecule has 0 radical (unpaired) electrons. The molecule has 1 N–H and O–H groups in total. The highest BCUT2D eigenvalue weighted by molar-refractivity contribution is 5.42. The van der Waals surface area contributed by atoms with Gasteiger partial charge in [0.05, 0.1) is 14.2 Å². The number of rotatable bonds is 6. The number of hydrogen-bond donors (Lipinski definition) is 1. The molecule has 1 heterocycles. The first kappa shape index (κ1) is 16.1. The highest BCUT2D eigenvalue weighted by atomic mass is 16.5. The Labute approximate surface area is 127 Å². The largest absolute Gasteiger partial charge is 0.493 e. The molecule has 0 spiro atoms. The van der Waals surface area contributed by atoms with Gasteiger partial charge in [0.25, 0.3) is 0 Å². The number of ether oxygens (including phenoxy) is 2. The molecule has 21 heavy (non-hydrogen) atoms. The van der Waals surface area contributed by atoms with Crippen LogP contribution in [-0.2, 0) is 6.54 Å². The molecule has 0 atom stereocenters. The molecule has 4 nitrogen and oxygen atoms in total. The second-order valence-corrected chi connectivity index (χ2v) is 5.98. The lowest BCUT2D eigenvalue weighted by Crippen LogP contribution is -2.41. The molecule has 118 valence electrons. The van der Waals surface area contributed by atoms with Crippen LogP contribution in [0.15, 0.2) is 18.2 Å². The Kier molecular flexibility index (Phi) is 5.48. The van der Waals surface area contributed by atoms with Crippen molar-refractivity contribution in [1.82, 2.24) is 4.90 Å². The van der Waals surface area contributed by atoms with Crippen LogP contribution in [0.2, 0.25) is 0 Å². The first-order chi connectivity index (χ1) is 10.2. The average Bonchev–Trinajstić information content (AvgIpc) is 2.55. The summed E-state index contributed by atoms with van der Waals surface area (Å²) >= 11 is 0. The number of piperidine rings is 1. The summed E-state index contributed by atoms with van der Waals surface area (Å²) in [4.78, 5) is 2.45. The Morgan fingerprint density at radius 3 is 2.33 bits per heavy atom. The summed E-state index contributed by atoms with van der Waals surface area (Å²) in [7, 11) is 3.32. The molecule has 1 aromatic rings. The Balaban J connectivity index is 1.97. The maximum Gasteiger partial charge on any atom is 0.161 e. The van der Waals surface area contributed by atoms with Crippen molar-refractivity contribution in [2.75, 3.05) is 33.9 Å². The van der Waals surface area contributed by atoms with Crippen molar-refractivity contribution in [2.24, 2.45) is 5.41 Å². The third kappa shape index (κ3) is 3.69. The van der Waals surface area contributed by atoms with E-state index >= 15 is 0 Å². The minimum atomic E-state index is 0.147. The van der Waals surface area contributed by atoms with Gasteiger partial charge in [0.15, 0.2) is 11.5 Å². The van der Waals surface area contributed by atoms with Gasteiger partial charge in [-0.05, 0) is 55.5 Å². The monoisotopic (exact) mass is 293 g/mol.